The third kappa shape index (κ3) is 4.12. The molecule has 1 aromatic heterocycles. The molecule has 2 unspecified atom stereocenters. The van der Waals surface area contributed by atoms with E-state index in [0.29, 0.717) is 6.54 Å². The van der Waals surface area contributed by atoms with Crippen molar-refractivity contribution in [2.45, 2.75) is 19.9 Å². The highest BCUT2D eigenvalue weighted by Crippen LogP contribution is 2.26. The lowest BCUT2D eigenvalue weighted by Crippen LogP contribution is -2.34. The summed E-state index contributed by atoms with van der Waals surface area (Å²) < 4.78 is 1.04. The Kier molecular flexibility index (Phi) is 5.50. The van der Waals surface area contributed by atoms with Crippen LogP contribution in [-0.2, 0) is 4.79 Å². The summed E-state index contributed by atoms with van der Waals surface area (Å²) in [6.45, 7) is 4.10. The van der Waals surface area contributed by atoms with Gasteiger partial charge in [0.2, 0.25) is 5.91 Å². The Morgan fingerprint density at radius 3 is 2.67 bits per heavy atom. The van der Waals surface area contributed by atoms with Crippen LogP contribution in [0.25, 0.3) is 11.3 Å². The maximum Gasteiger partial charge on any atom is 0.224 e. The number of aromatic nitrogens is 1. The molecule has 0 aliphatic heterocycles. The molecule has 0 saturated carbocycles. The second-order valence-corrected chi connectivity index (χ2v) is 6.75. The molecule has 1 amide bonds. The van der Waals surface area contributed by atoms with Gasteiger partial charge in [0.05, 0.1) is 11.7 Å². The molecule has 6 heteroatoms. The van der Waals surface area contributed by atoms with Crippen LogP contribution in [0.3, 0.4) is 0 Å². The van der Waals surface area contributed by atoms with Gasteiger partial charge in [-0.2, -0.15) is 0 Å². The molecule has 21 heavy (non-hydrogen) atoms. The van der Waals surface area contributed by atoms with Gasteiger partial charge in [0.15, 0.2) is 0 Å². The van der Waals surface area contributed by atoms with E-state index < -0.39 is 0 Å². The van der Waals surface area contributed by atoms with Crippen molar-refractivity contribution in [3.8, 4) is 11.3 Å². The van der Waals surface area contributed by atoms with Crippen molar-refractivity contribution in [2.75, 3.05) is 6.54 Å². The number of nitrogens with one attached hydrogen (secondary N) is 1. The standard InChI is InChI=1S/C15H18BrN3OS/c1-9(7-17)14(20)18-10(2)15-19-13(8-21-15)11-3-5-12(16)6-4-11/h3-6,8-10H,7,17H2,1-2H3,(H,18,20). The van der Waals surface area contributed by atoms with E-state index in [-0.39, 0.29) is 17.9 Å². The zero-order chi connectivity index (χ0) is 15.4. The molecule has 4 nitrogen and oxygen atoms in total. The number of thiazole rings is 1. The first-order chi connectivity index (χ1) is 10.0. The van der Waals surface area contributed by atoms with E-state index in [9.17, 15) is 4.79 Å². The molecule has 0 spiro atoms. The Morgan fingerprint density at radius 1 is 1.38 bits per heavy atom. The van der Waals surface area contributed by atoms with E-state index in [0.717, 1.165) is 20.7 Å². The predicted molar refractivity (Wildman–Crippen MR) is 90.0 cm³/mol. The van der Waals surface area contributed by atoms with E-state index in [1.165, 1.54) is 0 Å². The number of amides is 1. The van der Waals surface area contributed by atoms with E-state index in [4.69, 9.17) is 5.73 Å². The highest BCUT2D eigenvalue weighted by molar-refractivity contribution is 9.10. The summed E-state index contributed by atoms with van der Waals surface area (Å²) >= 11 is 4.97. The lowest BCUT2D eigenvalue weighted by molar-refractivity contribution is -0.124. The van der Waals surface area contributed by atoms with Crippen LogP contribution in [0.5, 0.6) is 0 Å². The Hall–Kier alpha value is -1.24. The van der Waals surface area contributed by atoms with E-state index in [1.807, 2.05) is 43.5 Å². The van der Waals surface area contributed by atoms with E-state index in [1.54, 1.807) is 11.3 Å². The number of carbonyl (C=O) groups is 1. The average molecular weight is 368 g/mol. The monoisotopic (exact) mass is 367 g/mol. The molecule has 0 aliphatic rings. The minimum atomic E-state index is -0.182. The Labute approximate surface area is 136 Å². The van der Waals surface area contributed by atoms with Crippen molar-refractivity contribution >= 4 is 33.2 Å². The van der Waals surface area contributed by atoms with Gasteiger partial charge in [0.25, 0.3) is 0 Å². The summed E-state index contributed by atoms with van der Waals surface area (Å²) in [5, 5.41) is 5.84. The molecule has 3 N–H and O–H groups in total. The maximum atomic E-state index is 11.9. The molecule has 0 saturated heterocycles. The number of hydrogen-bond donors (Lipinski definition) is 2. The normalized spacial score (nSPS) is 13.7. The fourth-order valence-corrected chi connectivity index (χ4v) is 2.86. The minimum Gasteiger partial charge on any atom is -0.347 e. The highest BCUT2D eigenvalue weighted by Gasteiger charge is 2.17. The molecule has 0 bridgehead atoms. The number of nitrogens with two attached hydrogens (primary N) is 1. The number of hydrogen-bond acceptors (Lipinski definition) is 4. The molecule has 2 rings (SSSR count). The molecule has 2 atom stereocenters. The molecular weight excluding hydrogens is 350 g/mol. The lowest BCUT2D eigenvalue weighted by Gasteiger charge is -2.14. The van der Waals surface area contributed by atoms with Crippen LogP contribution in [0.1, 0.15) is 24.9 Å². The first kappa shape index (κ1) is 16.1. The van der Waals surface area contributed by atoms with Crippen molar-refractivity contribution in [3.05, 3.63) is 39.1 Å². The largest absolute Gasteiger partial charge is 0.347 e. The molecule has 0 aliphatic carbocycles. The number of halogens is 1. The first-order valence-electron chi connectivity index (χ1n) is 6.73. The molecule has 1 heterocycles. The number of carbonyl (C=O) groups excluding carboxylic acids is 1. The fourth-order valence-electron chi connectivity index (χ4n) is 1.76. The summed E-state index contributed by atoms with van der Waals surface area (Å²) in [4.78, 5) is 16.5. The number of benzene rings is 1. The predicted octanol–water partition coefficient (Wildman–Crippen LogP) is 3.34. The minimum absolute atomic E-state index is 0.0367. The van der Waals surface area contributed by atoms with Gasteiger partial charge in [-0.25, -0.2) is 4.98 Å². The van der Waals surface area contributed by atoms with Crippen LogP contribution < -0.4 is 11.1 Å². The SMILES string of the molecule is CC(CN)C(=O)NC(C)c1nc(-c2ccc(Br)cc2)cs1. The summed E-state index contributed by atoms with van der Waals surface area (Å²) in [7, 11) is 0. The van der Waals surface area contributed by atoms with Gasteiger partial charge in [-0.05, 0) is 19.1 Å². The van der Waals surface area contributed by atoms with Gasteiger partial charge in [0.1, 0.15) is 5.01 Å². The van der Waals surface area contributed by atoms with Gasteiger partial charge < -0.3 is 11.1 Å². The molecular formula is C15H18BrN3OS. The van der Waals surface area contributed by atoms with Gasteiger partial charge in [-0.3, -0.25) is 4.79 Å². The Morgan fingerprint density at radius 2 is 2.05 bits per heavy atom. The summed E-state index contributed by atoms with van der Waals surface area (Å²) in [6, 6.07) is 7.90. The Balaban J connectivity index is 2.09. The maximum absolute atomic E-state index is 11.9. The molecule has 1 aromatic carbocycles. The highest BCUT2D eigenvalue weighted by atomic mass is 79.9. The van der Waals surface area contributed by atoms with E-state index in [2.05, 4.69) is 26.2 Å². The lowest BCUT2D eigenvalue weighted by atomic mass is 10.1. The summed E-state index contributed by atoms with van der Waals surface area (Å²) in [5.41, 5.74) is 7.49. The van der Waals surface area contributed by atoms with Crippen LogP contribution in [0.2, 0.25) is 0 Å². The van der Waals surface area contributed by atoms with Crippen molar-refractivity contribution < 1.29 is 4.79 Å². The van der Waals surface area contributed by atoms with Gasteiger partial charge in [-0.15, -0.1) is 11.3 Å². The molecule has 0 radical (unpaired) electrons. The van der Waals surface area contributed by atoms with Crippen molar-refractivity contribution in [1.82, 2.24) is 10.3 Å². The topological polar surface area (TPSA) is 68.0 Å². The summed E-state index contributed by atoms with van der Waals surface area (Å²) in [5.74, 6) is -0.219. The van der Waals surface area contributed by atoms with Gasteiger partial charge >= 0.3 is 0 Å². The second-order valence-electron chi connectivity index (χ2n) is 4.94. The quantitative estimate of drug-likeness (QED) is 0.851. The fraction of sp³-hybridized carbons (Fsp3) is 0.333. The third-order valence-corrected chi connectivity index (χ3v) is 4.75. The first-order valence-corrected chi connectivity index (χ1v) is 8.40. The molecule has 0 fully saturated rings. The van der Waals surface area contributed by atoms with Crippen molar-refractivity contribution in [2.24, 2.45) is 11.7 Å². The average Bonchev–Trinajstić information content (AvgIpc) is 2.97. The van der Waals surface area contributed by atoms with Crippen LogP contribution in [0.15, 0.2) is 34.1 Å². The molecule has 112 valence electrons. The van der Waals surface area contributed by atoms with Crippen LogP contribution in [0.4, 0.5) is 0 Å². The van der Waals surface area contributed by atoms with Gasteiger partial charge in [0, 0.05) is 27.9 Å². The van der Waals surface area contributed by atoms with Crippen molar-refractivity contribution in [1.29, 1.82) is 0 Å². The third-order valence-electron chi connectivity index (χ3n) is 3.19. The number of rotatable bonds is 5. The Bertz CT molecular complexity index is 612. The molecule has 2 aromatic rings. The van der Waals surface area contributed by atoms with Crippen LogP contribution in [-0.4, -0.2) is 17.4 Å². The zero-order valence-electron chi connectivity index (χ0n) is 12.0. The second kappa shape index (κ2) is 7.15. The van der Waals surface area contributed by atoms with Crippen LogP contribution in [0, 0.1) is 5.92 Å². The zero-order valence-corrected chi connectivity index (χ0v) is 14.4. The van der Waals surface area contributed by atoms with Crippen LogP contribution >= 0.6 is 27.3 Å². The summed E-state index contributed by atoms with van der Waals surface area (Å²) in [6.07, 6.45) is 0. The van der Waals surface area contributed by atoms with Crippen molar-refractivity contribution in [3.63, 3.8) is 0 Å². The smallest absolute Gasteiger partial charge is 0.224 e. The van der Waals surface area contributed by atoms with E-state index >= 15 is 0 Å². The number of nitrogens with zero attached hydrogens (tertiary/aromatic N) is 1. The van der Waals surface area contributed by atoms with Gasteiger partial charge in [-0.1, -0.05) is 35.0 Å².